The van der Waals surface area contributed by atoms with Crippen LogP contribution in [0.15, 0.2) is 39.7 Å². The van der Waals surface area contributed by atoms with Crippen LogP contribution in [0.2, 0.25) is 0 Å². The minimum absolute atomic E-state index is 0.0807. The van der Waals surface area contributed by atoms with Crippen LogP contribution in [-0.2, 0) is 9.53 Å². The molecule has 0 aromatic heterocycles. The lowest BCUT2D eigenvalue weighted by Gasteiger charge is -2.10. The Morgan fingerprint density at radius 2 is 2.19 bits per heavy atom. The Labute approximate surface area is 128 Å². The third-order valence-corrected chi connectivity index (χ3v) is 3.87. The molecule has 0 spiro atoms. The van der Waals surface area contributed by atoms with E-state index in [0.717, 1.165) is 17.7 Å². The van der Waals surface area contributed by atoms with Crippen molar-refractivity contribution in [2.45, 2.75) is 30.7 Å². The standard InChI is InChI=1S/C16H19NO3S/c1-3-20-16(19)13(10-17-11-8-9-11)15(18)12-6-4-5-7-14(12)21-2/h4-7,10-11,18H,3,8-9H2,1-2H3. The number of hydrogen-bond acceptors (Lipinski definition) is 5. The van der Waals surface area contributed by atoms with E-state index >= 15 is 0 Å². The van der Waals surface area contributed by atoms with Gasteiger partial charge in [-0.05, 0) is 32.1 Å². The molecule has 0 aliphatic heterocycles. The molecule has 0 bridgehead atoms. The molecule has 0 saturated heterocycles. The number of carbonyl (C=O) groups excluding carboxylic acids is 1. The molecule has 2 rings (SSSR count). The quantitative estimate of drug-likeness (QED) is 0.287. The summed E-state index contributed by atoms with van der Waals surface area (Å²) in [4.78, 5) is 17.2. The lowest BCUT2D eigenvalue weighted by molar-refractivity contribution is -0.137. The van der Waals surface area contributed by atoms with Crippen LogP contribution in [0.25, 0.3) is 5.76 Å². The highest BCUT2D eigenvalue weighted by atomic mass is 32.2. The molecule has 1 aromatic rings. The van der Waals surface area contributed by atoms with E-state index in [0.29, 0.717) is 5.56 Å². The summed E-state index contributed by atoms with van der Waals surface area (Å²) in [5.74, 6) is -0.627. The van der Waals surface area contributed by atoms with Gasteiger partial charge in [0.25, 0.3) is 0 Å². The van der Waals surface area contributed by atoms with Crippen molar-refractivity contribution < 1.29 is 14.6 Å². The smallest absolute Gasteiger partial charge is 0.343 e. The molecule has 21 heavy (non-hydrogen) atoms. The number of benzene rings is 1. The fraction of sp³-hybridized carbons (Fsp3) is 0.375. The Bertz CT molecular complexity index is 577. The summed E-state index contributed by atoms with van der Waals surface area (Å²) in [6, 6.07) is 7.68. The lowest BCUT2D eigenvalue weighted by atomic mass is 10.1. The Balaban J connectivity index is 2.41. The van der Waals surface area contributed by atoms with Crippen LogP contribution in [-0.4, -0.2) is 36.2 Å². The van der Waals surface area contributed by atoms with E-state index in [1.54, 1.807) is 13.0 Å². The number of aliphatic imine (C=N–C) groups is 1. The van der Waals surface area contributed by atoms with Crippen LogP contribution in [0.4, 0.5) is 0 Å². The Kier molecular flexibility index (Phi) is 5.44. The fourth-order valence-corrected chi connectivity index (χ4v) is 2.41. The normalized spacial score (nSPS) is 15.9. The van der Waals surface area contributed by atoms with Crippen LogP contribution in [0.3, 0.4) is 0 Å². The molecule has 4 nitrogen and oxygen atoms in total. The zero-order valence-electron chi connectivity index (χ0n) is 12.2. The predicted molar refractivity (Wildman–Crippen MR) is 85.9 cm³/mol. The SMILES string of the molecule is CCOC(=O)C(C=NC1CC1)=C(O)c1ccccc1SC. The molecule has 1 fully saturated rings. The first-order valence-electron chi connectivity index (χ1n) is 6.94. The van der Waals surface area contributed by atoms with Crippen LogP contribution in [0.5, 0.6) is 0 Å². The first-order chi connectivity index (χ1) is 10.2. The van der Waals surface area contributed by atoms with Gasteiger partial charge in [0.1, 0.15) is 11.3 Å². The molecule has 1 saturated carbocycles. The molecule has 112 valence electrons. The molecule has 0 unspecified atom stereocenters. The highest BCUT2D eigenvalue weighted by Gasteiger charge is 2.22. The number of hydrogen-bond donors (Lipinski definition) is 1. The van der Waals surface area contributed by atoms with Gasteiger partial charge in [0.15, 0.2) is 0 Å². The molecule has 1 aliphatic rings. The molecule has 1 aliphatic carbocycles. The maximum atomic E-state index is 12.1. The second-order valence-corrected chi connectivity index (χ2v) is 5.54. The van der Waals surface area contributed by atoms with Crippen molar-refractivity contribution in [1.29, 1.82) is 0 Å². The minimum atomic E-state index is -0.546. The monoisotopic (exact) mass is 305 g/mol. The van der Waals surface area contributed by atoms with Gasteiger partial charge < -0.3 is 9.84 Å². The highest BCUT2D eigenvalue weighted by Crippen LogP contribution is 2.28. The predicted octanol–water partition coefficient (Wildman–Crippen LogP) is 3.47. The Hall–Kier alpha value is -1.75. The summed E-state index contributed by atoms with van der Waals surface area (Å²) < 4.78 is 5.02. The van der Waals surface area contributed by atoms with Crippen molar-refractivity contribution >= 4 is 29.7 Å². The molecular formula is C16H19NO3S. The third kappa shape index (κ3) is 4.11. The van der Waals surface area contributed by atoms with E-state index in [2.05, 4.69) is 4.99 Å². The zero-order valence-corrected chi connectivity index (χ0v) is 13.0. The summed E-state index contributed by atoms with van der Waals surface area (Å²) in [5, 5.41) is 10.5. The van der Waals surface area contributed by atoms with E-state index in [4.69, 9.17) is 4.74 Å². The van der Waals surface area contributed by atoms with Gasteiger partial charge in [-0.25, -0.2) is 4.79 Å². The van der Waals surface area contributed by atoms with Gasteiger partial charge in [0, 0.05) is 16.7 Å². The fourth-order valence-electron chi connectivity index (χ4n) is 1.81. The highest BCUT2D eigenvalue weighted by molar-refractivity contribution is 7.98. The third-order valence-electron chi connectivity index (χ3n) is 3.07. The number of carbonyl (C=O) groups is 1. The van der Waals surface area contributed by atoms with Gasteiger partial charge in [-0.2, -0.15) is 0 Å². The van der Waals surface area contributed by atoms with Crippen molar-refractivity contribution in [2.24, 2.45) is 4.99 Å². The van der Waals surface area contributed by atoms with Gasteiger partial charge in [-0.3, -0.25) is 4.99 Å². The van der Waals surface area contributed by atoms with Crippen molar-refractivity contribution in [3.63, 3.8) is 0 Å². The van der Waals surface area contributed by atoms with E-state index in [1.807, 2.05) is 24.5 Å². The number of aliphatic hydroxyl groups excluding tert-OH is 1. The average Bonchev–Trinajstić information content (AvgIpc) is 3.31. The Morgan fingerprint density at radius 1 is 1.48 bits per heavy atom. The van der Waals surface area contributed by atoms with Crippen molar-refractivity contribution in [1.82, 2.24) is 0 Å². The van der Waals surface area contributed by atoms with Crippen LogP contribution >= 0.6 is 11.8 Å². The van der Waals surface area contributed by atoms with Gasteiger partial charge in [-0.1, -0.05) is 18.2 Å². The summed E-state index contributed by atoms with van der Waals surface area (Å²) in [6.07, 6.45) is 5.44. The lowest BCUT2D eigenvalue weighted by Crippen LogP contribution is -2.12. The second-order valence-electron chi connectivity index (χ2n) is 4.69. The maximum Gasteiger partial charge on any atom is 0.343 e. The van der Waals surface area contributed by atoms with Crippen molar-refractivity contribution in [3.8, 4) is 0 Å². The number of nitrogens with zero attached hydrogens (tertiary/aromatic N) is 1. The summed E-state index contributed by atoms with van der Waals surface area (Å²) in [6.45, 7) is 2.00. The largest absolute Gasteiger partial charge is 0.506 e. The first-order valence-corrected chi connectivity index (χ1v) is 8.16. The molecular weight excluding hydrogens is 286 g/mol. The second kappa shape index (κ2) is 7.31. The Morgan fingerprint density at radius 3 is 2.81 bits per heavy atom. The zero-order chi connectivity index (χ0) is 15.2. The molecule has 0 radical (unpaired) electrons. The molecule has 0 amide bonds. The molecule has 1 aromatic carbocycles. The number of aliphatic hydroxyl groups is 1. The van der Waals surface area contributed by atoms with E-state index in [9.17, 15) is 9.90 Å². The van der Waals surface area contributed by atoms with Crippen molar-refractivity contribution in [3.05, 3.63) is 35.4 Å². The molecule has 5 heteroatoms. The van der Waals surface area contributed by atoms with Gasteiger partial charge >= 0.3 is 5.97 Å². The summed E-state index contributed by atoms with van der Waals surface area (Å²) >= 11 is 1.51. The van der Waals surface area contributed by atoms with Crippen LogP contribution in [0, 0.1) is 0 Å². The molecule has 1 N–H and O–H groups in total. The van der Waals surface area contributed by atoms with E-state index < -0.39 is 5.97 Å². The summed E-state index contributed by atoms with van der Waals surface area (Å²) in [7, 11) is 0. The number of ether oxygens (including phenoxy) is 1. The first kappa shape index (κ1) is 15.6. The van der Waals surface area contributed by atoms with E-state index in [1.165, 1.54) is 18.0 Å². The maximum absolute atomic E-state index is 12.1. The number of rotatable bonds is 6. The van der Waals surface area contributed by atoms with Crippen LogP contribution < -0.4 is 0 Å². The van der Waals surface area contributed by atoms with Gasteiger partial charge in [0.2, 0.25) is 0 Å². The van der Waals surface area contributed by atoms with Gasteiger partial charge in [-0.15, -0.1) is 11.8 Å². The van der Waals surface area contributed by atoms with Gasteiger partial charge in [0.05, 0.1) is 12.6 Å². The van der Waals surface area contributed by atoms with Crippen LogP contribution in [0.1, 0.15) is 25.3 Å². The molecule has 0 heterocycles. The average molecular weight is 305 g/mol. The minimum Gasteiger partial charge on any atom is -0.506 e. The number of esters is 1. The molecule has 0 atom stereocenters. The van der Waals surface area contributed by atoms with E-state index in [-0.39, 0.29) is 24.0 Å². The van der Waals surface area contributed by atoms with Crippen molar-refractivity contribution in [2.75, 3.05) is 12.9 Å². The number of thioether (sulfide) groups is 1. The summed E-state index contributed by atoms with van der Waals surface area (Å²) in [5.41, 5.74) is 0.737. The topological polar surface area (TPSA) is 58.9 Å².